The molecule has 1 aliphatic rings. The molecule has 1 heterocycles. The Labute approximate surface area is 219 Å². The van der Waals surface area contributed by atoms with Gasteiger partial charge in [-0.3, -0.25) is 4.79 Å². The molecule has 0 spiro atoms. The zero-order valence-electron chi connectivity index (χ0n) is 22.0. The second kappa shape index (κ2) is 20.2. The highest BCUT2D eigenvalue weighted by Crippen LogP contribution is 2.22. The molecule has 37 heavy (non-hydrogen) atoms. The summed E-state index contributed by atoms with van der Waals surface area (Å²) in [5, 5.41) is 48.2. The number of hydrogen-bond acceptors (Lipinski definition) is 9. The number of aliphatic hydroxyl groups is 4. The molecular weight excluding hydrogens is 484 g/mol. The first kappa shape index (κ1) is 33.2. The van der Waals surface area contributed by atoms with Gasteiger partial charge in [-0.05, 0) is 38.5 Å². The lowest BCUT2D eigenvalue weighted by Gasteiger charge is -2.38. The van der Waals surface area contributed by atoms with Crippen LogP contribution in [0.4, 0.5) is 0 Å². The molecule has 1 rings (SSSR count). The normalized spacial score (nSPS) is 25.1. The molecule has 1 saturated heterocycles. The lowest BCUT2D eigenvalue weighted by Crippen LogP contribution is -2.60. The minimum absolute atomic E-state index is 0.243. The zero-order valence-corrected chi connectivity index (χ0v) is 22.0. The van der Waals surface area contributed by atoms with Gasteiger partial charge in [0.05, 0.1) is 6.61 Å². The van der Waals surface area contributed by atoms with E-state index in [1.807, 2.05) is 0 Å². The smallest absolute Gasteiger partial charge is 0.335 e. The molecule has 0 aromatic rings. The van der Waals surface area contributed by atoms with Gasteiger partial charge in [0.15, 0.2) is 12.4 Å². The third-order valence-electron chi connectivity index (χ3n) is 6.03. The molecule has 1 fully saturated rings. The van der Waals surface area contributed by atoms with Crippen LogP contribution in [0, 0.1) is 0 Å². The number of ether oxygens (including phenoxy) is 3. The summed E-state index contributed by atoms with van der Waals surface area (Å²) in [7, 11) is 0. The molecule has 10 nitrogen and oxygen atoms in total. The Balaban J connectivity index is 2.04. The van der Waals surface area contributed by atoms with E-state index in [9.17, 15) is 30.0 Å². The van der Waals surface area contributed by atoms with Crippen molar-refractivity contribution in [2.75, 3.05) is 13.2 Å². The number of unbranched alkanes of at least 4 members (excludes halogenated alkanes) is 8. The molecule has 0 bridgehead atoms. The fraction of sp³-hybridized carbons (Fsp3) is 0.778. The number of carboxylic acids is 1. The van der Waals surface area contributed by atoms with Crippen LogP contribution in [0.5, 0.6) is 0 Å². The van der Waals surface area contributed by atoms with E-state index in [4.69, 9.17) is 19.3 Å². The van der Waals surface area contributed by atoms with E-state index < -0.39 is 55.4 Å². The van der Waals surface area contributed by atoms with Crippen LogP contribution in [0.3, 0.4) is 0 Å². The molecule has 0 saturated carbocycles. The summed E-state index contributed by atoms with van der Waals surface area (Å²) < 4.78 is 15.1. The second-order valence-electron chi connectivity index (χ2n) is 9.39. The van der Waals surface area contributed by atoms with Gasteiger partial charge in [-0.1, -0.05) is 63.3 Å². The maximum Gasteiger partial charge on any atom is 0.335 e. The number of carbonyl (C=O) groups is 2. The van der Waals surface area contributed by atoms with Gasteiger partial charge in [-0.25, -0.2) is 4.79 Å². The van der Waals surface area contributed by atoms with E-state index in [-0.39, 0.29) is 13.0 Å². The van der Waals surface area contributed by atoms with Crippen molar-refractivity contribution in [3.05, 3.63) is 24.3 Å². The summed E-state index contributed by atoms with van der Waals surface area (Å²) in [6, 6.07) is 0. The van der Waals surface area contributed by atoms with Crippen LogP contribution in [0.15, 0.2) is 24.3 Å². The molecule has 6 atom stereocenters. The van der Waals surface area contributed by atoms with Gasteiger partial charge in [0.2, 0.25) is 0 Å². The molecule has 214 valence electrons. The van der Waals surface area contributed by atoms with Gasteiger partial charge in [-0.2, -0.15) is 0 Å². The van der Waals surface area contributed by atoms with Crippen molar-refractivity contribution >= 4 is 11.9 Å². The van der Waals surface area contributed by atoms with Crippen molar-refractivity contribution in [1.29, 1.82) is 0 Å². The highest BCUT2D eigenvalue weighted by molar-refractivity contribution is 5.73. The predicted octanol–water partition coefficient (Wildman–Crippen LogP) is 2.61. The van der Waals surface area contributed by atoms with E-state index >= 15 is 0 Å². The number of aliphatic hydroxyl groups excluding tert-OH is 4. The van der Waals surface area contributed by atoms with Crippen LogP contribution in [-0.4, -0.2) is 87.5 Å². The van der Waals surface area contributed by atoms with E-state index in [0.717, 1.165) is 38.5 Å². The van der Waals surface area contributed by atoms with Crippen molar-refractivity contribution in [2.45, 2.75) is 121 Å². The lowest BCUT2D eigenvalue weighted by atomic mass is 9.99. The first-order chi connectivity index (χ1) is 17.8. The summed E-state index contributed by atoms with van der Waals surface area (Å²) in [5.41, 5.74) is 0. The minimum atomic E-state index is -1.83. The third kappa shape index (κ3) is 14.6. The maximum absolute atomic E-state index is 11.9. The third-order valence-corrected chi connectivity index (χ3v) is 6.03. The standard InChI is InChI=1S/C27H46O10/c1-2-3-4-5-6-7-8-9-10-11-12-13-14-15-16-17-21(29)35-18-20(28)19-36-27-24(32)22(30)23(31)25(37-27)26(33)34/h6-7,9-10,20,22-25,27-28,30-32H,2-5,8,11-19H2,1H3,(H,33,34)/b7-6-,10-9-/t20?,22-,23-,24+,25-,27+/m0/s1. The maximum atomic E-state index is 11.9. The number of esters is 1. The molecule has 0 aromatic carbocycles. The van der Waals surface area contributed by atoms with Gasteiger partial charge in [0.25, 0.3) is 0 Å². The summed E-state index contributed by atoms with van der Waals surface area (Å²) in [4.78, 5) is 22.9. The first-order valence-electron chi connectivity index (χ1n) is 13.5. The molecule has 0 amide bonds. The summed E-state index contributed by atoms with van der Waals surface area (Å²) in [6.45, 7) is 1.44. The van der Waals surface area contributed by atoms with Crippen LogP contribution in [0.1, 0.15) is 84.0 Å². The average Bonchev–Trinajstić information content (AvgIpc) is 2.87. The Morgan fingerprint density at radius 3 is 2.11 bits per heavy atom. The Morgan fingerprint density at radius 1 is 0.838 bits per heavy atom. The molecule has 5 N–H and O–H groups in total. The van der Waals surface area contributed by atoms with Crippen LogP contribution < -0.4 is 0 Å². The Kier molecular flexibility index (Phi) is 18.1. The molecule has 10 heteroatoms. The van der Waals surface area contributed by atoms with Crippen LogP contribution in [0.2, 0.25) is 0 Å². The van der Waals surface area contributed by atoms with Gasteiger partial charge < -0.3 is 39.7 Å². The summed E-state index contributed by atoms with van der Waals surface area (Å²) in [5.74, 6) is -1.97. The van der Waals surface area contributed by atoms with Crippen molar-refractivity contribution in [2.24, 2.45) is 0 Å². The average molecular weight is 531 g/mol. The van der Waals surface area contributed by atoms with Crippen molar-refractivity contribution in [3.8, 4) is 0 Å². The summed E-state index contributed by atoms with van der Waals surface area (Å²) >= 11 is 0. The quantitative estimate of drug-likeness (QED) is 0.0898. The number of aliphatic carboxylic acids is 1. The topological polar surface area (TPSA) is 163 Å². The van der Waals surface area contributed by atoms with Crippen molar-refractivity contribution in [1.82, 2.24) is 0 Å². The molecule has 0 aromatic heterocycles. The van der Waals surface area contributed by atoms with Gasteiger partial charge in [-0.15, -0.1) is 0 Å². The zero-order chi connectivity index (χ0) is 27.5. The van der Waals surface area contributed by atoms with Crippen LogP contribution in [0.25, 0.3) is 0 Å². The highest BCUT2D eigenvalue weighted by atomic mass is 16.7. The van der Waals surface area contributed by atoms with E-state index in [1.165, 1.54) is 25.7 Å². The number of carbonyl (C=O) groups excluding carboxylic acids is 1. The number of rotatable bonds is 20. The number of carboxylic acid groups (broad SMARTS) is 1. The van der Waals surface area contributed by atoms with Crippen molar-refractivity contribution in [3.63, 3.8) is 0 Å². The first-order valence-corrected chi connectivity index (χ1v) is 13.5. The van der Waals surface area contributed by atoms with Gasteiger partial charge in [0, 0.05) is 6.42 Å². The Bertz CT molecular complexity index is 680. The van der Waals surface area contributed by atoms with E-state index in [0.29, 0.717) is 6.42 Å². The minimum Gasteiger partial charge on any atom is -0.479 e. The SMILES string of the molecule is CCCCC/C=C\C/C=C\CCCCCCCC(=O)OCC(O)CO[C@@H]1O[C@H](C(=O)O)[C@@H](O)[C@H](O)[C@H]1O. The van der Waals surface area contributed by atoms with Gasteiger partial charge >= 0.3 is 11.9 Å². The fourth-order valence-corrected chi connectivity index (χ4v) is 3.79. The highest BCUT2D eigenvalue weighted by Gasteiger charge is 2.47. The lowest BCUT2D eigenvalue weighted by molar-refractivity contribution is -0.298. The van der Waals surface area contributed by atoms with Gasteiger partial charge in [0.1, 0.15) is 31.0 Å². The van der Waals surface area contributed by atoms with Crippen LogP contribution in [-0.2, 0) is 23.8 Å². The Morgan fingerprint density at radius 2 is 1.46 bits per heavy atom. The Hall–Kier alpha value is -1.82. The summed E-state index contributed by atoms with van der Waals surface area (Å²) in [6.07, 6.45) is 11.1. The molecule has 1 aliphatic heterocycles. The van der Waals surface area contributed by atoms with Crippen LogP contribution >= 0.6 is 0 Å². The fourth-order valence-electron chi connectivity index (χ4n) is 3.79. The second-order valence-corrected chi connectivity index (χ2v) is 9.39. The van der Waals surface area contributed by atoms with Crippen molar-refractivity contribution < 1.29 is 49.3 Å². The largest absolute Gasteiger partial charge is 0.479 e. The molecule has 0 radical (unpaired) electrons. The monoisotopic (exact) mass is 530 g/mol. The number of hydrogen-bond donors (Lipinski definition) is 5. The molecule has 0 aliphatic carbocycles. The van der Waals surface area contributed by atoms with E-state index in [1.54, 1.807) is 0 Å². The van der Waals surface area contributed by atoms with E-state index in [2.05, 4.69) is 31.2 Å². The number of allylic oxidation sites excluding steroid dienone is 4. The predicted molar refractivity (Wildman–Crippen MR) is 137 cm³/mol. The molecular formula is C27H46O10. The molecule has 1 unspecified atom stereocenters.